The maximum Gasteiger partial charge on any atom is 0.325 e. The third kappa shape index (κ3) is 2.51. The van der Waals surface area contributed by atoms with Crippen LogP contribution in [-0.4, -0.2) is 29.2 Å². The highest BCUT2D eigenvalue weighted by molar-refractivity contribution is 7.93. The average Bonchev–Trinajstić information content (AvgIpc) is 3.20. The molecule has 0 radical (unpaired) electrons. The molecule has 2 aromatic carbocycles. The first kappa shape index (κ1) is 17.8. The van der Waals surface area contributed by atoms with Crippen LogP contribution < -0.4 is 0 Å². The smallest absolute Gasteiger partial charge is 0.325 e. The predicted molar refractivity (Wildman–Crippen MR) is 104 cm³/mol. The summed E-state index contributed by atoms with van der Waals surface area (Å²) < 4.78 is 24.7. The molecule has 0 saturated heterocycles. The third-order valence-corrected chi connectivity index (χ3v) is 8.38. The van der Waals surface area contributed by atoms with E-state index in [9.17, 15) is 18.3 Å². The largest absolute Gasteiger partial charge is 0.480 e. The van der Waals surface area contributed by atoms with E-state index in [1.807, 2.05) is 19.1 Å². The van der Waals surface area contributed by atoms with E-state index in [1.165, 1.54) is 19.1 Å². The molecule has 0 aliphatic heterocycles. The van der Waals surface area contributed by atoms with Crippen LogP contribution in [0.2, 0.25) is 0 Å². The molecule has 27 heavy (non-hydrogen) atoms. The van der Waals surface area contributed by atoms with Crippen molar-refractivity contribution in [3.8, 4) is 0 Å². The van der Waals surface area contributed by atoms with Gasteiger partial charge in [-0.15, -0.1) is 0 Å². The summed E-state index contributed by atoms with van der Waals surface area (Å²) in [6.07, 6.45) is 0.825. The fourth-order valence-electron chi connectivity index (χ4n) is 4.13. The van der Waals surface area contributed by atoms with Gasteiger partial charge in [-0.05, 0) is 62.4 Å². The summed E-state index contributed by atoms with van der Waals surface area (Å²) in [6.45, 7) is 3.36. The number of carboxylic acid groups (broad SMARTS) is 1. The molecule has 5 nitrogen and oxygen atoms in total. The number of fused-ring (bicyclic) bond motifs is 3. The molecule has 0 spiro atoms. The van der Waals surface area contributed by atoms with Crippen molar-refractivity contribution in [3.63, 3.8) is 0 Å². The fraction of sp³-hybridized carbons (Fsp3) is 0.286. The van der Waals surface area contributed by atoms with Crippen molar-refractivity contribution >= 4 is 26.7 Å². The van der Waals surface area contributed by atoms with Crippen LogP contribution in [0, 0.1) is 12.8 Å². The molecule has 3 aromatic rings. The van der Waals surface area contributed by atoms with Gasteiger partial charge in [0.05, 0.1) is 4.90 Å². The molecule has 0 fully saturated rings. The van der Waals surface area contributed by atoms with Crippen molar-refractivity contribution in [1.82, 2.24) is 4.98 Å². The molecule has 140 valence electrons. The third-order valence-electron chi connectivity index (χ3n) is 5.87. The summed E-state index contributed by atoms with van der Waals surface area (Å²) in [5.74, 6) is -1.84. The Labute approximate surface area is 158 Å². The van der Waals surface area contributed by atoms with Gasteiger partial charge in [-0.1, -0.05) is 29.8 Å². The summed E-state index contributed by atoms with van der Waals surface area (Å²) in [5.41, 5.74) is 4.10. The summed E-state index contributed by atoms with van der Waals surface area (Å²) in [4.78, 5) is 15.6. The lowest BCUT2D eigenvalue weighted by Crippen LogP contribution is -2.50. The van der Waals surface area contributed by atoms with E-state index in [4.69, 9.17) is 0 Å². The number of H-pyrrole nitrogens is 1. The van der Waals surface area contributed by atoms with Crippen molar-refractivity contribution in [2.75, 3.05) is 0 Å². The fourth-order valence-corrected chi connectivity index (χ4v) is 5.97. The maximum atomic E-state index is 13.3. The molecular formula is C21H21NO4S. The molecule has 1 aliphatic carbocycles. The second-order valence-corrected chi connectivity index (χ2v) is 9.79. The normalized spacial score (nSPS) is 19.0. The number of aryl methyl sites for hydroxylation is 1. The summed E-state index contributed by atoms with van der Waals surface area (Å²) in [6, 6.07) is 14.0. The average molecular weight is 383 g/mol. The number of carbonyl (C=O) groups is 1. The zero-order valence-corrected chi connectivity index (χ0v) is 16.0. The molecule has 2 atom stereocenters. The minimum atomic E-state index is -4.05. The molecule has 1 heterocycles. The number of hydrogen-bond acceptors (Lipinski definition) is 3. The molecule has 1 aliphatic rings. The first-order valence-corrected chi connectivity index (χ1v) is 10.4. The van der Waals surface area contributed by atoms with Gasteiger partial charge in [0.1, 0.15) is 0 Å². The number of aliphatic carboxylic acids is 1. The highest BCUT2D eigenvalue weighted by Crippen LogP contribution is 2.43. The maximum absolute atomic E-state index is 13.3. The Hall–Kier alpha value is -2.60. The van der Waals surface area contributed by atoms with Gasteiger partial charge in [-0.3, -0.25) is 4.79 Å². The lowest BCUT2D eigenvalue weighted by Gasteiger charge is -2.31. The molecule has 6 heteroatoms. The van der Waals surface area contributed by atoms with E-state index < -0.39 is 26.5 Å². The van der Waals surface area contributed by atoms with Crippen molar-refractivity contribution in [2.45, 2.75) is 36.3 Å². The molecule has 2 N–H and O–H groups in total. The van der Waals surface area contributed by atoms with E-state index in [2.05, 4.69) is 11.1 Å². The van der Waals surface area contributed by atoms with E-state index in [0.717, 1.165) is 27.7 Å². The van der Waals surface area contributed by atoms with Crippen molar-refractivity contribution in [2.24, 2.45) is 5.92 Å². The number of aromatic amines is 1. The van der Waals surface area contributed by atoms with E-state index >= 15 is 0 Å². The van der Waals surface area contributed by atoms with Gasteiger partial charge in [0.25, 0.3) is 0 Å². The Balaban J connectivity index is 1.80. The van der Waals surface area contributed by atoms with Gasteiger partial charge in [-0.25, -0.2) is 8.42 Å². The van der Waals surface area contributed by atoms with Gasteiger partial charge in [0.15, 0.2) is 14.6 Å². The van der Waals surface area contributed by atoms with Crippen molar-refractivity contribution < 1.29 is 18.3 Å². The Morgan fingerprint density at radius 1 is 1.15 bits per heavy atom. The van der Waals surface area contributed by atoms with Gasteiger partial charge in [0.2, 0.25) is 0 Å². The second kappa shape index (κ2) is 5.96. The number of hydrogen-bond donors (Lipinski definition) is 2. The molecule has 0 bridgehead atoms. The van der Waals surface area contributed by atoms with Crippen LogP contribution in [0.15, 0.2) is 53.4 Å². The number of rotatable bonds is 4. The highest BCUT2D eigenvalue weighted by Gasteiger charge is 2.55. The summed E-state index contributed by atoms with van der Waals surface area (Å²) >= 11 is 0. The van der Waals surface area contributed by atoms with Crippen LogP contribution in [0.3, 0.4) is 0 Å². The molecule has 0 saturated carbocycles. The standard InChI is InChI=1S/C21H21NO4S/c1-13-8-9-18-16(10-13)17-11-14(12-19(17)22-18)21(2,20(23)24)27(25,26)15-6-4-3-5-7-15/h3-10,14,22H,11-12H2,1-2H3,(H,23,24). The van der Waals surface area contributed by atoms with E-state index in [0.29, 0.717) is 12.8 Å². The Morgan fingerprint density at radius 3 is 2.52 bits per heavy atom. The van der Waals surface area contributed by atoms with Crippen molar-refractivity contribution in [3.05, 3.63) is 65.4 Å². The zero-order chi connectivity index (χ0) is 19.4. The number of benzene rings is 2. The first-order valence-electron chi connectivity index (χ1n) is 8.88. The van der Waals surface area contributed by atoms with Crippen molar-refractivity contribution in [1.29, 1.82) is 0 Å². The number of aromatic nitrogens is 1. The van der Waals surface area contributed by atoms with Crippen LogP contribution in [-0.2, 0) is 27.5 Å². The quantitative estimate of drug-likeness (QED) is 0.722. The predicted octanol–water partition coefficient (Wildman–Crippen LogP) is 3.51. The molecular weight excluding hydrogens is 362 g/mol. The van der Waals surface area contributed by atoms with Gasteiger partial charge in [-0.2, -0.15) is 0 Å². The monoisotopic (exact) mass is 383 g/mol. The molecule has 1 aromatic heterocycles. The zero-order valence-electron chi connectivity index (χ0n) is 15.2. The van der Waals surface area contributed by atoms with Gasteiger partial charge < -0.3 is 10.1 Å². The molecule has 4 rings (SSSR count). The Kier molecular flexibility index (Phi) is 3.93. The van der Waals surface area contributed by atoms with Crippen LogP contribution in [0.5, 0.6) is 0 Å². The highest BCUT2D eigenvalue weighted by atomic mass is 32.2. The minimum absolute atomic E-state index is 0.0474. The van der Waals surface area contributed by atoms with Gasteiger partial charge in [0, 0.05) is 16.6 Å². The SMILES string of the molecule is Cc1ccc2[nH]c3c(c2c1)CC(C(C)(C(=O)O)S(=O)(=O)c1ccccc1)C3. The van der Waals surface area contributed by atoms with E-state index in [-0.39, 0.29) is 4.90 Å². The molecule has 0 amide bonds. The lowest BCUT2D eigenvalue weighted by atomic mass is 9.90. The van der Waals surface area contributed by atoms with Crippen LogP contribution in [0.4, 0.5) is 0 Å². The lowest BCUT2D eigenvalue weighted by molar-refractivity contribution is -0.141. The minimum Gasteiger partial charge on any atom is -0.480 e. The summed E-state index contributed by atoms with van der Waals surface area (Å²) in [5, 5.41) is 11.0. The first-order chi connectivity index (χ1) is 12.7. The second-order valence-electron chi connectivity index (χ2n) is 7.47. The van der Waals surface area contributed by atoms with Crippen LogP contribution in [0.25, 0.3) is 10.9 Å². The van der Waals surface area contributed by atoms with Gasteiger partial charge >= 0.3 is 5.97 Å². The number of nitrogens with one attached hydrogen (secondary N) is 1. The summed E-state index contributed by atoms with van der Waals surface area (Å²) in [7, 11) is -4.05. The topological polar surface area (TPSA) is 87.2 Å². The van der Waals surface area contributed by atoms with E-state index in [1.54, 1.807) is 18.2 Å². The number of carboxylic acids is 1. The van der Waals surface area contributed by atoms with Crippen LogP contribution >= 0.6 is 0 Å². The van der Waals surface area contributed by atoms with Crippen LogP contribution in [0.1, 0.15) is 23.7 Å². The number of sulfone groups is 1. The molecule has 2 unspecified atom stereocenters. The Morgan fingerprint density at radius 2 is 1.85 bits per heavy atom. The Bertz CT molecular complexity index is 1150.